The zero-order valence-corrected chi connectivity index (χ0v) is 10.1. The second-order valence-electron chi connectivity index (χ2n) is 4.31. The van der Waals surface area contributed by atoms with Crippen LogP contribution in [0.25, 0.3) is 9.40 Å². The summed E-state index contributed by atoms with van der Waals surface area (Å²) in [6, 6.07) is 0. The van der Waals surface area contributed by atoms with Crippen LogP contribution in [0.1, 0.15) is 43.3 Å². The van der Waals surface area contributed by atoms with Gasteiger partial charge in [-0.25, -0.2) is 0 Å². The Labute approximate surface area is 99.9 Å². The number of thiophene rings is 2. The average molecular weight is 248 g/mol. The summed E-state index contributed by atoms with van der Waals surface area (Å²) >= 11 is 3.35. The number of hydrogen-bond donors (Lipinski definition) is 0. The van der Waals surface area contributed by atoms with Gasteiger partial charge in [0.05, 0.1) is 9.40 Å². The van der Waals surface area contributed by atoms with Gasteiger partial charge in [0.15, 0.2) is 11.6 Å². The molecule has 0 fully saturated rings. The minimum absolute atomic E-state index is 0.272. The fourth-order valence-corrected chi connectivity index (χ4v) is 5.63. The smallest absolute Gasteiger partial charge is 0.165 e. The lowest BCUT2D eigenvalue weighted by atomic mass is 10.2. The van der Waals surface area contributed by atoms with Crippen molar-refractivity contribution >= 4 is 43.6 Å². The summed E-state index contributed by atoms with van der Waals surface area (Å²) in [5.74, 6) is 0.544. The predicted molar refractivity (Wildman–Crippen MR) is 65.0 cm³/mol. The first-order valence-electron chi connectivity index (χ1n) is 5.39. The highest BCUT2D eigenvalue weighted by Crippen LogP contribution is 2.47. The molecule has 2 heterocycles. The maximum Gasteiger partial charge on any atom is 0.165 e. The lowest BCUT2D eigenvalue weighted by molar-refractivity contribution is 0.0987. The molecule has 80 valence electrons. The maximum absolute atomic E-state index is 11.8. The number of carbonyl (C=O) groups excluding carboxylic acids is 2. The van der Waals surface area contributed by atoms with E-state index in [4.69, 9.17) is 0 Å². The predicted octanol–water partition coefficient (Wildman–Crippen LogP) is 3.22. The van der Waals surface area contributed by atoms with E-state index in [0.717, 1.165) is 33.4 Å². The molecule has 4 rings (SSSR count). The third-order valence-corrected chi connectivity index (χ3v) is 6.05. The van der Waals surface area contributed by atoms with Crippen LogP contribution < -0.4 is 0 Å². The van der Waals surface area contributed by atoms with E-state index in [2.05, 4.69) is 0 Å². The topological polar surface area (TPSA) is 34.1 Å². The van der Waals surface area contributed by atoms with Gasteiger partial charge in [0.25, 0.3) is 0 Å². The van der Waals surface area contributed by atoms with Crippen LogP contribution in [0.2, 0.25) is 0 Å². The Balaban J connectivity index is 2.13. The van der Waals surface area contributed by atoms with Crippen molar-refractivity contribution in [2.45, 2.75) is 25.7 Å². The van der Waals surface area contributed by atoms with Crippen LogP contribution in [-0.2, 0) is 12.8 Å². The summed E-state index contributed by atoms with van der Waals surface area (Å²) < 4.78 is 2.20. The Morgan fingerprint density at radius 2 is 1.12 bits per heavy atom. The van der Waals surface area contributed by atoms with Crippen molar-refractivity contribution in [2.75, 3.05) is 0 Å². The van der Waals surface area contributed by atoms with E-state index in [0.29, 0.717) is 12.8 Å². The van der Waals surface area contributed by atoms with E-state index in [9.17, 15) is 9.59 Å². The van der Waals surface area contributed by atoms with E-state index in [-0.39, 0.29) is 11.6 Å². The number of rotatable bonds is 0. The third kappa shape index (κ3) is 0.924. The highest BCUT2D eigenvalue weighted by molar-refractivity contribution is 7.29. The number of ketones is 2. The maximum atomic E-state index is 11.8. The summed E-state index contributed by atoms with van der Waals surface area (Å²) in [6.45, 7) is 0. The zero-order valence-electron chi connectivity index (χ0n) is 8.46. The SMILES string of the molecule is O=C1CCc2sc3c4c(sc3c21)CCC4=O. The number of carbonyl (C=O) groups is 2. The van der Waals surface area contributed by atoms with Gasteiger partial charge in [0.1, 0.15) is 0 Å². The molecular weight excluding hydrogens is 240 g/mol. The first kappa shape index (κ1) is 9.07. The molecule has 0 unspecified atom stereocenters. The minimum atomic E-state index is 0.272. The molecule has 2 aliphatic carbocycles. The fraction of sp³-hybridized carbons (Fsp3) is 0.333. The summed E-state index contributed by atoms with van der Waals surface area (Å²) in [6.07, 6.45) is 3.08. The molecule has 4 heteroatoms. The molecule has 0 saturated heterocycles. The molecule has 0 radical (unpaired) electrons. The van der Waals surface area contributed by atoms with Gasteiger partial charge < -0.3 is 0 Å². The summed E-state index contributed by atoms with van der Waals surface area (Å²) in [4.78, 5) is 26.0. The average Bonchev–Trinajstić information content (AvgIpc) is 2.90. The summed E-state index contributed by atoms with van der Waals surface area (Å²) in [7, 11) is 0. The largest absolute Gasteiger partial charge is 0.294 e. The Kier molecular flexibility index (Phi) is 1.60. The van der Waals surface area contributed by atoms with E-state index >= 15 is 0 Å². The molecule has 0 amide bonds. The quantitative estimate of drug-likeness (QED) is 0.717. The third-order valence-electron chi connectivity index (χ3n) is 3.38. The lowest BCUT2D eigenvalue weighted by Crippen LogP contribution is -1.90. The van der Waals surface area contributed by atoms with Gasteiger partial charge in [-0.05, 0) is 12.8 Å². The van der Waals surface area contributed by atoms with Crippen molar-refractivity contribution in [3.05, 3.63) is 20.9 Å². The number of fused-ring (bicyclic) bond motifs is 5. The monoisotopic (exact) mass is 248 g/mol. The fourth-order valence-electron chi connectivity index (χ4n) is 2.64. The minimum Gasteiger partial charge on any atom is -0.294 e. The van der Waals surface area contributed by atoms with Crippen molar-refractivity contribution in [3.63, 3.8) is 0 Å². The summed E-state index contributed by atoms with van der Waals surface area (Å²) in [5, 5.41) is 0. The first-order chi connectivity index (χ1) is 7.75. The Morgan fingerprint density at radius 1 is 0.688 bits per heavy atom. The second kappa shape index (κ2) is 2.81. The van der Waals surface area contributed by atoms with Crippen LogP contribution in [0.3, 0.4) is 0 Å². The number of Topliss-reactive ketones (excluding diaryl/α,β-unsaturated/α-hetero) is 2. The molecule has 0 bridgehead atoms. The van der Waals surface area contributed by atoms with Crippen LogP contribution in [0.4, 0.5) is 0 Å². The van der Waals surface area contributed by atoms with Gasteiger partial charge in [0, 0.05) is 33.7 Å². The molecule has 2 aliphatic rings. The second-order valence-corrected chi connectivity index (χ2v) is 6.52. The molecule has 0 saturated carbocycles. The van der Waals surface area contributed by atoms with Gasteiger partial charge in [-0.3, -0.25) is 9.59 Å². The zero-order chi connectivity index (χ0) is 10.9. The van der Waals surface area contributed by atoms with Crippen LogP contribution in [-0.4, -0.2) is 11.6 Å². The normalized spacial score (nSPS) is 18.5. The number of aryl methyl sites for hydroxylation is 2. The molecular formula is C12H8O2S2. The number of hydrogen-bond acceptors (Lipinski definition) is 4. The standard InChI is InChI=1S/C12H8O2S2/c13-5-1-3-7-9(5)11-12(15-7)10-6(14)2-4-8(10)16-11/h1-4H2. The van der Waals surface area contributed by atoms with Crippen LogP contribution in [0, 0.1) is 0 Å². The van der Waals surface area contributed by atoms with Crippen molar-refractivity contribution in [3.8, 4) is 0 Å². The molecule has 0 spiro atoms. The Morgan fingerprint density at radius 3 is 1.56 bits per heavy atom. The van der Waals surface area contributed by atoms with E-state index in [1.807, 2.05) is 0 Å². The van der Waals surface area contributed by atoms with Crippen molar-refractivity contribution in [1.82, 2.24) is 0 Å². The lowest BCUT2D eigenvalue weighted by Gasteiger charge is -1.87. The van der Waals surface area contributed by atoms with Gasteiger partial charge in [0.2, 0.25) is 0 Å². The van der Waals surface area contributed by atoms with Crippen molar-refractivity contribution < 1.29 is 9.59 Å². The van der Waals surface area contributed by atoms with Crippen molar-refractivity contribution in [2.24, 2.45) is 0 Å². The van der Waals surface area contributed by atoms with E-state index in [1.165, 1.54) is 9.75 Å². The van der Waals surface area contributed by atoms with E-state index < -0.39 is 0 Å². The highest BCUT2D eigenvalue weighted by atomic mass is 32.1. The van der Waals surface area contributed by atoms with Crippen LogP contribution in [0.15, 0.2) is 0 Å². The Hall–Kier alpha value is -1.00. The van der Waals surface area contributed by atoms with Crippen molar-refractivity contribution in [1.29, 1.82) is 0 Å². The highest BCUT2D eigenvalue weighted by Gasteiger charge is 2.32. The molecule has 2 aromatic rings. The van der Waals surface area contributed by atoms with Gasteiger partial charge in [-0.15, -0.1) is 22.7 Å². The van der Waals surface area contributed by atoms with Gasteiger partial charge in [-0.1, -0.05) is 0 Å². The van der Waals surface area contributed by atoms with E-state index in [1.54, 1.807) is 22.7 Å². The molecule has 2 aromatic heterocycles. The van der Waals surface area contributed by atoms with Crippen LogP contribution >= 0.6 is 22.7 Å². The molecule has 0 aromatic carbocycles. The Bertz CT molecular complexity index is 602. The van der Waals surface area contributed by atoms with Gasteiger partial charge >= 0.3 is 0 Å². The summed E-state index contributed by atoms with van der Waals surface area (Å²) in [5.41, 5.74) is 1.87. The van der Waals surface area contributed by atoms with Gasteiger partial charge in [-0.2, -0.15) is 0 Å². The first-order valence-corrected chi connectivity index (χ1v) is 7.02. The molecule has 0 N–H and O–H groups in total. The molecule has 0 atom stereocenters. The molecule has 2 nitrogen and oxygen atoms in total. The molecule has 16 heavy (non-hydrogen) atoms. The molecule has 0 aliphatic heterocycles. The van der Waals surface area contributed by atoms with Crippen LogP contribution in [0.5, 0.6) is 0 Å².